The monoisotopic (exact) mass is 442 g/mol. The number of aryl methyl sites for hydroxylation is 1. The number of nitrogens with zero attached hydrogens (tertiary/aromatic N) is 4. The lowest BCUT2D eigenvalue weighted by molar-refractivity contribution is 0.169. The van der Waals surface area contributed by atoms with E-state index in [9.17, 15) is 4.79 Å². The molecule has 0 bridgehead atoms. The molecule has 1 heterocycles. The fourth-order valence-electron chi connectivity index (χ4n) is 2.30. The predicted octanol–water partition coefficient (Wildman–Crippen LogP) is 1.19. The van der Waals surface area contributed by atoms with Crippen LogP contribution in [0.15, 0.2) is 16.9 Å². The van der Waals surface area contributed by atoms with Crippen molar-refractivity contribution in [3.8, 4) is 11.4 Å². The Balaban J connectivity index is 2.63. The van der Waals surface area contributed by atoms with Crippen LogP contribution in [-0.4, -0.2) is 40.3 Å². The number of halogens is 1. The number of hydrogen-bond acceptors (Lipinski definition) is 5. The SMILES string of the molecule is [B]c1cc(OC(C)COI)c(-n2nnn(C)c2=O)cc1C(C)(C)C. The molecule has 2 radical (unpaired) electrons. The Hall–Kier alpha value is -1.36. The Labute approximate surface area is 156 Å². The summed E-state index contributed by atoms with van der Waals surface area (Å²) in [5.74, 6) is 0.462. The zero-order valence-electron chi connectivity index (χ0n) is 14.4. The van der Waals surface area contributed by atoms with Gasteiger partial charge in [0.05, 0.1) is 6.61 Å². The summed E-state index contributed by atoms with van der Waals surface area (Å²) in [7, 11) is 7.75. The van der Waals surface area contributed by atoms with Crippen molar-refractivity contribution in [2.75, 3.05) is 6.61 Å². The molecule has 2 aromatic rings. The van der Waals surface area contributed by atoms with Crippen LogP contribution in [0.2, 0.25) is 0 Å². The molecule has 1 unspecified atom stereocenters. The van der Waals surface area contributed by atoms with Gasteiger partial charge in [-0.1, -0.05) is 26.2 Å². The summed E-state index contributed by atoms with van der Waals surface area (Å²) in [4.78, 5) is 12.3. The third-order valence-corrected chi connectivity index (χ3v) is 3.87. The summed E-state index contributed by atoms with van der Waals surface area (Å²) in [6, 6.07) is 3.55. The van der Waals surface area contributed by atoms with Crippen LogP contribution in [0.1, 0.15) is 33.3 Å². The highest BCUT2D eigenvalue weighted by molar-refractivity contribution is 14.1. The zero-order chi connectivity index (χ0) is 18.1. The summed E-state index contributed by atoms with van der Waals surface area (Å²) in [5.41, 5.74) is 1.45. The highest BCUT2D eigenvalue weighted by Crippen LogP contribution is 2.28. The Morgan fingerprint density at radius 1 is 1.33 bits per heavy atom. The molecule has 7 nitrogen and oxygen atoms in total. The van der Waals surface area contributed by atoms with Crippen LogP contribution >= 0.6 is 23.0 Å². The van der Waals surface area contributed by atoms with Crippen LogP contribution in [0, 0.1) is 0 Å². The molecule has 2 rings (SSSR count). The molecule has 0 amide bonds. The Morgan fingerprint density at radius 3 is 2.50 bits per heavy atom. The summed E-state index contributed by atoms with van der Waals surface area (Å²) in [6.45, 7) is 8.42. The minimum absolute atomic E-state index is 0.194. The van der Waals surface area contributed by atoms with Gasteiger partial charge in [0.25, 0.3) is 0 Å². The molecular formula is C15H20BIN4O3. The molecule has 24 heavy (non-hydrogen) atoms. The molecule has 0 aliphatic heterocycles. The number of benzene rings is 1. The van der Waals surface area contributed by atoms with Gasteiger partial charge in [0.1, 0.15) is 48.4 Å². The van der Waals surface area contributed by atoms with Crippen molar-refractivity contribution < 1.29 is 7.80 Å². The van der Waals surface area contributed by atoms with Gasteiger partial charge in [0, 0.05) is 7.05 Å². The van der Waals surface area contributed by atoms with Gasteiger partial charge in [-0.25, -0.2) is 4.79 Å². The maximum atomic E-state index is 12.3. The van der Waals surface area contributed by atoms with E-state index in [1.807, 2.05) is 36.0 Å². The summed E-state index contributed by atoms with van der Waals surface area (Å²) in [6.07, 6.45) is -0.215. The first-order chi connectivity index (χ1) is 11.1. The van der Waals surface area contributed by atoms with Crippen LogP contribution in [0.3, 0.4) is 0 Å². The molecule has 0 fully saturated rings. The molecule has 1 atom stereocenters. The normalized spacial score (nSPS) is 13.1. The second kappa shape index (κ2) is 7.26. The second-order valence-corrected chi connectivity index (χ2v) is 7.28. The molecule has 1 aromatic carbocycles. The van der Waals surface area contributed by atoms with Crippen molar-refractivity contribution in [1.82, 2.24) is 19.8 Å². The number of ether oxygens (including phenoxy) is 1. The lowest BCUT2D eigenvalue weighted by atomic mass is 9.77. The van der Waals surface area contributed by atoms with Crippen LogP contribution in [0.5, 0.6) is 5.75 Å². The van der Waals surface area contributed by atoms with Gasteiger partial charge in [-0.3, -0.25) is 0 Å². The van der Waals surface area contributed by atoms with E-state index in [4.69, 9.17) is 15.6 Å². The predicted molar refractivity (Wildman–Crippen MR) is 101 cm³/mol. The van der Waals surface area contributed by atoms with E-state index in [-0.39, 0.29) is 17.2 Å². The van der Waals surface area contributed by atoms with E-state index >= 15 is 0 Å². The first-order valence-electron chi connectivity index (χ1n) is 7.48. The van der Waals surface area contributed by atoms with Crippen molar-refractivity contribution in [1.29, 1.82) is 0 Å². The van der Waals surface area contributed by atoms with E-state index in [1.54, 1.807) is 13.1 Å². The van der Waals surface area contributed by atoms with Gasteiger partial charge >= 0.3 is 5.69 Å². The molecule has 0 saturated heterocycles. The van der Waals surface area contributed by atoms with E-state index < -0.39 is 0 Å². The highest BCUT2D eigenvalue weighted by atomic mass is 127. The minimum Gasteiger partial charge on any atom is -0.486 e. The lowest BCUT2D eigenvalue weighted by Crippen LogP contribution is -2.28. The Kier molecular flexibility index (Phi) is 5.74. The molecule has 0 spiro atoms. The Bertz CT molecular complexity index is 782. The molecule has 0 saturated carbocycles. The molecule has 0 aliphatic rings. The number of hydrogen-bond donors (Lipinski definition) is 0. The molecule has 0 aliphatic carbocycles. The van der Waals surface area contributed by atoms with Gasteiger partial charge in [-0.2, -0.15) is 9.36 Å². The second-order valence-electron chi connectivity index (χ2n) is 6.66. The number of tetrazole rings is 1. The topological polar surface area (TPSA) is 71.2 Å². The van der Waals surface area contributed by atoms with Gasteiger partial charge < -0.3 is 7.80 Å². The van der Waals surface area contributed by atoms with Crippen LogP contribution in [0.25, 0.3) is 5.69 Å². The van der Waals surface area contributed by atoms with Crippen LogP contribution in [0.4, 0.5) is 0 Å². The molecule has 9 heteroatoms. The zero-order valence-corrected chi connectivity index (χ0v) is 16.6. The van der Waals surface area contributed by atoms with E-state index in [0.29, 0.717) is 23.5 Å². The van der Waals surface area contributed by atoms with Gasteiger partial charge in [0.15, 0.2) is 0 Å². The largest absolute Gasteiger partial charge is 0.486 e. The summed E-state index contributed by atoms with van der Waals surface area (Å²) >= 11 is 1.81. The molecule has 0 N–H and O–H groups in total. The maximum absolute atomic E-state index is 12.3. The molecular weight excluding hydrogens is 422 g/mol. The van der Waals surface area contributed by atoms with Gasteiger partial charge in [-0.15, -0.1) is 0 Å². The lowest BCUT2D eigenvalue weighted by Gasteiger charge is -2.25. The minimum atomic E-state index is -0.359. The van der Waals surface area contributed by atoms with Gasteiger partial charge in [-0.05, 0) is 40.5 Å². The quantitative estimate of drug-likeness (QED) is 0.515. The standard InChI is InChI=1S/C15H20BIN4O3/c1-9(8-23-17)24-13-7-11(16)10(15(2,3)4)6-12(13)21-14(22)20(5)18-19-21/h6-7,9H,8H2,1-5H3. The van der Waals surface area contributed by atoms with Crippen molar-refractivity contribution >= 4 is 36.3 Å². The van der Waals surface area contributed by atoms with Crippen molar-refractivity contribution in [2.45, 2.75) is 39.2 Å². The van der Waals surface area contributed by atoms with E-state index in [2.05, 4.69) is 31.2 Å². The molecule has 128 valence electrons. The summed E-state index contributed by atoms with van der Waals surface area (Å²) in [5, 5.41) is 7.68. The number of rotatable bonds is 5. The van der Waals surface area contributed by atoms with Crippen molar-refractivity contribution in [3.05, 3.63) is 28.2 Å². The average molecular weight is 442 g/mol. The first-order valence-corrected chi connectivity index (χ1v) is 8.36. The number of aromatic nitrogens is 4. The average Bonchev–Trinajstić information content (AvgIpc) is 2.78. The van der Waals surface area contributed by atoms with E-state index in [1.165, 1.54) is 4.68 Å². The maximum Gasteiger partial charge on any atom is 0.368 e. The smallest absolute Gasteiger partial charge is 0.368 e. The van der Waals surface area contributed by atoms with E-state index in [0.717, 1.165) is 10.2 Å². The van der Waals surface area contributed by atoms with Crippen molar-refractivity contribution in [2.24, 2.45) is 7.05 Å². The third-order valence-electron chi connectivity index (χ3n) is 3.51. The first kappa shape index (κ1) is 19.0. The van der Waals surface area contributed by atoms with Crippen LogP contribution < -0.4 is 15.9 Å². The van der Waals surface area contributed by atoms with Crippen LogP contribution in [-0.2, 0) is 15.5 Å². The third kappa shape index (κ3) is 4.00. The molecule has 1 aromatic heterocycles. The Morgan fingerprint density at radius 2 is 2.00 bits per heavy atom. The fraction of sp³-hybridized carbons (Fsp3) is 0.533. The summed E-state index contributed by atoms with van der Waals surface area (Å²) < 4.78 is 13.3. The van der Waals surface area contributed by atoms with Gasteiger partial charge in [0.2, 0.25) is 0 Å². The fourth-order valence-corrected chi connectivity index (χ4v) is 2.80. The van der Waals surface area contributed by atoms with Crippen molar-refractivity contribution in [3.63, 3.8) is 0 Å². The highest BCUT2D eigenvalue weighted by Gasteiger charge is 2.22.